The lowest BCUT2D eigenvalue weighted by atomic mass is 10.5. The Bertz CT molecular complexity index is 184. The molecule has 1 aromatic heterocycles. The molecule has 0 spiro atoms. The number of hydrogen-bond donors (Lipinski definition) is 2. The zero-order valence-corrected chi connectivity index (χ0v) is 3.96. The lowest BCUT2D eigenvalue weighted by molar-refractivity contribution is 0.0691. The van der Waals surface area contributed by atoms with Crippen molar-refractivity contribution in [3.05, 3.63) is 18.2 Å². The fraction of sp³-hybridized carbons (Fsp3) is 0. The van der Waals surface area contributed by atoms with E-state index < -0.39 is 5.97 Å². The van der Waals surface area contributed by atoms with Crippen molar-refractivity contribution in [1.82, 2.24) is 9.97 Å². The number of carboxylic acids is 1. The van der Waals surface area contributed by atoms with Crippen LogP contribution in [-0.4, -0.2) is 21.0 Å². The minimum atomic E-state index is -0.984. The normalized spacial score (nSPS) is 9.00. The number of H-pyrrole nitrogens is 1. The standard InChI is InChI=1S/C4H4N2O2/c7-4(8)3-1-5-2-6-3/h1-2H,(H,5,6)(H,7,8)/p+1. The number of nitrogens with zero attached hydrogens (tertiary/aromatic N) is 1. The Hall–Kier alpha value is -1.32. The fourth-order valence-corrected chi connectivity index (χ4v) is 0.373. The van der Waals surface area contributed by atoms with E-state index >= 15 is 0 Å². The van der Waals surface area contributed by atoms with Gasteiger partial charge in [-0.15, -0.1) is 0 Å². The highest BCUT2D eigenvalue weighted by molar-refractivity contribution is 5.84. The van der Waals surface area contributed by atoms with Gasteiger partial charge in [-0.1, -0.05) is 0 Å². The van der Waals surface area contributed by atoms with E-state index in [4.69, 9.17) is 5.11 Å². The van der Waals surface area contributed by atoms with Crippen LogP contribution in [0.5, 0.6) is 0 Å². The number of imidazole rings is 1. The zero-order chi connectivity index (χ0) is 5.98. The summed E-state index contributed by atoms with van der Waals surface area (Å²) in [7, 11) is 0. The van der Waals surface area contributed by atoms with Crippen molar-refractivity contribution < 1.29 is 11.3 Å². The number of carboxylic acid groups (broad SMARTS) is 1. The summed E-state index contributed by atoms with van der Waals surface area (Å²) in [4.78, 5) is 15.9. The Morgan fingerprint density at radius 3 is 3.00 bits per heavy atom. The van der Waals surface area contributed by atoms with Crippen molar-refractivity contribution in [3.63, 3.8) is 0 Å². The van der Waals surface area contributed by atoms with Crippen molar-refractivity contribution in [3.8, 4) is 0 Å². The molecule has 1 heterocycles. The van der Waals surface area contributed by atoms with Gasteiger partial charge in [-0.2, -0.15) is 0 Å². The third-order valence-corrected chi connectivity index (χ3v) is 0.729. The molecule has 1 aromatic rings. The molecule has 0 saturated heterocycles. The number of rotatable bonds is 1. The molecule has 4 nitrogen and oxygen atoms in total. The predicted octanol–water partition coefficient (Wildman–Crippen LogP) is 0.220. The van der Waals surface area contributed by atoms with Crippen molar-refractivity contribution in [2.24, 2.45) is 0 Å². The first kappa shape index (κ1) is 4.83. The minimum absolute atomic E-state index is 0. The van der Waals surface area contributed by atoms with Gasteiger partial charge in [-0.3, -0.25) is 0 Å². The summed E-state index contributed by atoms with van der Waals surface area (Å²) >= 11 is 0. The molecule has 1 rings (SSSR count). The number of aromatic amines is 1. The Balaban J connectivity index is 0.000000640. The first-order chi connectivity index (χ1) is 3.80. The average Bonchev–Trinajstić information content (AvgIpc) is 2.12. The summed E-state index contributed by atoms with van der Waals surface area (Å²) < 4.78 is 0. The van der Waals surface area contributed by atoms with Crippen LogP contribution in [0.15, 0.2) is 12.5 Å². The highest BCUT2D eigenvalue weighted by Gasteiger charge is 1.99. The number of carbonyl (C=O) groups is 1. The van der Waals surface area contributed by atoms with Gasteiger partial charge in [0.05, 0.1) is 12.5 Å². The summed E-state index contributed by atoms with van der Waals surface area (Å²) in [6, 6.07) is 0. The number of aromatic nitrogens is 2. The van der Waals surface area contributed by atoms with Crippen LogP contribution in [0.1, 0.15) is 11.9 Å². The number of hydrogen-bond acceptors (Lipinski definition) is 2. The second-order valence-corrected chi connectivity index (χ2v) is 1.27. The molecule has 2 N–H and O–H groups in total. The van der Waals surface area contributed by atoms with Gasteiger partial charge in [0.2, 0.25) is 0 Å². The molecule has 0 radical (unpaired) electrons. The van der Waals surface area contributed by atoms with Gasteiger partial charge < -0.3 is 10.1 Å². The zero-order valence-electron chi connectivity index (χ0n) is 4.96. The van der Waals surface area contributed by atoms with Gasteiger partial charge in [0, 0.05) is 0 Å². The fourth-order valence-electron chi connectivity index (χ4n) is 0.373. The summed E-state index contributed by atoms with van der Waals surface area (Å²) in [5.74, 6) is -0.984. The van der Waals surface area contributed by atoms with E-state index in [1.165, 1.54) is 12.5 Å². The number of aromatic carboxylic acids is 1. The maximum Gasteiger partial charge on any atom is 1.00 e. The molecule has 0 amide bonds. The second kappa shape index (κ2) is 1.65. The van der Waals surface area contributed by atoms with Crippen molar-refractivity contribution in [2.45, 2.75) is 0 Å². The summed E-state index contributed by atoms with van der Waals surface area (Å²) in [6.45, 7) is 0. The van der Waals surface area contributed by atoms with Crippen LogP contribution in [0.4, 0.5) is 0 Å². The molecule has 8 heavy (non-hydrogen) atoms. The summed E-state index contributed by atoms with van der Waals surface area (Å²) in [6.07, 6.45) is 2.58. The topological polar surface area (TPSA) is 66.0 Å². The molecule has 0 fully saturated rings. The van der Waals surface area contributed by atoms with E-state index in [1.807, 2.05) is 0 Å². The first-order valence-corrected chi connectivity index (χ1v) is 2.02. The molecule has 0 unspecified atom stereocenters. The second-order valence-electron chi connectivity index (χ2n) is 1.27. The molecular formula is C4H5N2O2+. The monoisotopic (exact) mass is 113 g/mol. The van der Waals surface area contributed by atoms with E-state index in [0.29, 0.717) is 0 Å². The Morgan fingerprint density at radius 2 is 2.75 bits per heavy atom. The van der Waals surface area contributed by atoms with Gasteiger partial charge in [0.25, 0.3) is 0 Å². The molecule has 0 aliphatic heterocycles. The Kier molecular flexibility index (Phi) is 0.997. The first-order valence-electron chi connectivity index (χ1n) is 2.02. The lowest BCUT2D eigenvalue weighted by Gasteiger charge is -1.79. The van der Waals surface area contributed by atoms with Gasteiger partial charge >= 0.3 is 7.40 Å². The van der Waals surface area contributed by atoms with E-state index in [2.05, 4.69) is 9.97 Å². The van der Waals surface area contributed by atoms with E-state index in [9.17, 15) is 4.79 Å². The third-order valence-electron chi connectivity index (χ3n) is 0.729. The van der Waals surface area contributed by atoms with Crippen LogP contribution in [0, 0.1) is 0 Å². The lowest BCUT2D eigenvalue weighted by Crippen LogP contribution is -1.94. The van der Waals surface area contributed by atoms with Gasteiger partial charge in [0.15, 0.2) is 0 Å². The molecule has 0 bridgehead atoms. The predicted molar refractivity (Wildman–Crippen MR) is 26.7 cm³/mol. The van der Waals surface area contributed by atoms with Crippen LogP contribution in [0.25, 0.3) is 0 Å². The highest BCUT2D eigenvalue weighted by Crippen LogP contribution is 1.87. The van der Waals surface area contributed by atoms with E-state index in [-0.39, 0.29) is 7.12 Å². The van der Waals surface area contributed by atoms with Gasteiger partial charge in [-0.05, 0) is 0 Å². The molecule has 0 saturated carbocycles. The summed E-state index contributed by atoms with van der Waals surface area (Å²) in [5.41, 5.74) is 0.116. The van der Waals surface area contributed by atoms with Crippen LogP contribution < -0.4 is 0 Å². The molecule has 0 aromatic carbocycles. The van der Waals surface area contributed by atoms with Crippen molar-refractivity contribution in [1.29, 1.82) is 0 Å². The van der Waals surface area contributed by atoms with Crippen molar-refractivity contribution in [2.75, 3.05) is 0 Å². The van der Waals surface area contributed by atoms with Crippen LogP contribution in [0.3, 0.4) is 0 Å². The molecule has 4 heteroatoms. The molecule has 0 aliphatic rings. The minimum Gasteiger partial charge on any atom is -0.477 e. The maximum atomic E-state index is 9.99. The van der Waals surface area contributed by atoms with Crippen LogP contribution in [-0.2, 0) is 0 Å². The maximum absolute atomic E-state index is 9.99. The summed E-state index contributed by atoms with van der Waals surface area (Å²) in [5, 5.41) is 8.20. The smallest absolute Gasteiger partial charge is 0.477 e. The Morgan fingerprint density at radius 1 is 2.00 bits per heavy atom. The van der Waals surface area contributed by atoms with Crippen LogP contribution in [0.2, 0.25) is 0 Å². The SMILES string of the molecule is O=C(O)c1cnc[nH]1.[H+]. The molecule has 0 atom stereocenters. The molecular weight excluding hydrogens is 108 g/mol. The molecule has 42 valence electrons. The van der Waals surface area contributed by atoms with Gasteiger partial charge in [0.1, 0.15) is 5.69 Å². The average molecular weight is 113 g/mol. The van der Waals surface area contributed by atoms with Crippen molar-refractivity contribution >= 4 is 5.97 Å². The quantitative estimate of drug-likeness (QED) is 0.547. The van der Waals surface area contributed by atoms with Crippen LogP contribution >= 0.6 is 0 Å². The largest absolute Gasteiger partial charge is 1.00 e. The van der Waals surface area contributed by atoms with Gasteiger partial charge in [-0.25, -0.2) is 9.78 Å². The highest BCUT2D eigenvalue weighted by atomic mass is 16.4. The number of nitrogens with one attached hydrogen (secondary N) is 1. The van der Waals surface area contributed by atoms with E-state index in [1.54, 1.807) is 0 Å². The molecule has 0 aliphatic carbocycles. The third kappa shape index (κ3) is 0.676. The Labute approximate surface area is 46.7 Å². The van der Waals surface area contributed by atoms with E-state index in [0.717, 1.165) is 0 Å².